The van der Waals surface area contributed by atoms with Crippen molar-refractivity contribution >= 4 is 22.3 Å². The Hall–Kier alpha value is -2.29. The van der Waals surface area contributed by atoms with E-state index in [4.69, 9.17) is 9.72 Å². The van der Waals surface area contributed by atoms with Gasteiger partial charge in [0.25, 0.3) is 0 Å². The fourth-order valence-electron chi connectivity index (χ4n) is 3.15. The predicted molar refractivity (Wildman–Crippen MR) is 106 cm³/mol. The van der Waals surface area contributed by atoms with Crippen molar-refractivity contribution in [3.63, 3.8) is 0 Å². The minimum atomic E-state index is -0.0338. The summed E-state index contributed by atoms with van der Waals surface area (Å²) >= 11 is 1.64. The van der Waals surface area contributed by atoms with Gasteiger partial charge in [0, 0.05) is 37.8 Å². The molecule has 0 aromatic carbocycles. The van der Waals surface area contributed by atoms with E-state index in [1.807, 2.05) is 43.0 Å². The van der Waals surface area contributed by atoms with Gasteiger partial charge in [-0.1, -0.05) is 6.07 Å². The number of thiazole rings is 1. The summed E-state index contributed by atoms with van der Waals surface area (Å²) in [5.41, 5.74) is 3.20. The lowest BCUT2D eigenvalue weighted by molar-refractivity contribution is -0.0355. The Morgan fingerprint density at radius 3 is 2.89 bits per heavy atom. The predicted octanol–water partition coefficient (Wildman–Crippen LogP) is 3.21. The van der Waals surface area contributed by atoms with Crippen molar-refractivity contribution < 1.29 is 4.74 Å². The molecule has 0 saturated carbocycles. The van der Waals surface area contributed by atoms with Crippen LogP contribution in [0.2, 0.25) is 0 Å². The Morgan fingerprint density at radius 2 is 2.15 bits per heavy atom. The van der Waals surface area contributed by atoms with Gasteiger partial charge in [-0.25, -0.2) is 9.97 Å². The summed E-state index contributed by atoms with van der Waals surface area (Å²) in [5.74, 6) is 0.800. The maximum absolute atomic E-state index is 6.00. The van der Waals surface area contributed by atoms with Crippen molar-refractivity contribution in [3.8, 4) is 0 Å². The molecule has 0 amide bonds. The topological polar surface area (TPSA) is 68.1 Å². The lowest BCUT2D eigenvalue weighted by Gasteiger charge is -2.32. The van der Waals surface area contributed by atoms with E-state index >= 15 is 0 Å². The van der Waals surface area contributed by atoms with Crippen LogP contribution in [0.1, 0.15) is 28.1 Å². The number of aromatic nitrogens is 4. The average Bonchev–Trinajstić information content (AvgIpc) is 3.20. The first kappa shape index (κ1) is 18.1. The smallest absolute Gasteiger partial charge is 0.188 e. The van der Waals surface area contributed by atoms with Crippen LogP contribution in [0.3, 0.4) is 0 Å². The summed E-state index contributed by atoms with van der Waals surface area (Å²) in [6.45, 7) is 7.40. The van der Waals surface area contributed by atoms with E-state index in [9.17, 15) is 0 Å². The molecule has 1 N–H and O–H groups in total. The number of rotatable bonds is 5. The third-order valence-electron chi connectivity index (χ3n) is 4.82. The Balaban J connectivity index is 1.45. The first-order valence-electron chi connectivity index (χ1n) is 9.07. The van der Waals surface area contributed by atoms with Gasteiger partial charge in [-0.15, -0.1) is 11.3 Å². The second kappa shape index (κ2) is 7.75. The molecule has 142 valence electrons. The molecule has 1 unspecified atom stereocenters. The number of anilines is 2. The van der Waals surface area contributed by atoms with Gasteiger partial charge in [-0.2, -0.15) is 5.10 Å². The van der Waals surface area contributed by atoms with Crippen LogP contribution in [0.15, 0.2) is 30.5 Å². The molecule has 1 aliphatic rings. The van der Waals surface area contributed by atoms with Crippen LogP contribution in [0.25, 0.3) is 0 Å². The molecule has 27 heavy (non-hydrogen) atoms. The van der Waals surface area contributed by atoms with Crippen LogP contribution in [-0.2, 0) is 18.3 Å². The molecule has 1 aliphatic heterocycles. The second-order valence-corrected chi connectivity index (χ2v) is 7.98. The molecule has 4 heterocycles. The zero-order valence-corrected chi connectivity index (χ0v) is 16.7. The number of aryl methyl sites for hydroxylation is 3. The van der Waals surface area contributed by atoms with Crippen LogP contribution in [-0.4, -0.2) is 44.3 Å². The molecule has 1 saturated heterocycles. The summed E-state index contributed by atoms with van der Waals surface area (Å²) in [7, 11) is 1.98. The van der Waals surface area contributed by atoms with Crippen LogP contribution in [0, 0.1) is 13.8 Å². The van der Waals surface area contributed by atoms with Gasteiger partial charge in [-0.05, 0) is 32.0 Å². The zero-order chi connectivity index (χ0) is 18.8. The van der Waals surface area contributed by atoms with Gasteiger partial charge in [0.1, 0.15) is 11.9 Å². The summed E-state index contributed by atoms with van der Waals surface area (Å²) in [6.07, 6.45) is 1.81. The molecule has 0 radical (unpaired) electrons. The van der Waals surface area contributed by atoms with E-state index in [-0.39, 0.29) is 6.10 Å². The lowest BCUT2D eigenvalue weighted by atomic mass is 10.2. The fraction of sp³-hybridized carbons (Fsp3) is 0.421. The van der Waals surface area contributed by atoms with E-state index < -0.39 is 0 Å². The van der Waals surface area contributed by atoms with Crippen LogP contribution in [0.4, 0.5) is 10.9 Å². The molecule has 1 atom stereocenters. The van der Waals surface area contributed by atoms with Gasteiger partial charge in [0.05, 0.1) is 23.7 Å². The van der Waals surface area contributed by atoms with Crippen LogP contribution >= 0.6 is 11.3 Å². The van der Waals surface area contributed by atoms with Gasteiger partial charge < -0.3 is 10.1 Å². The van der Waals surface area contributed by atoms with Gasteiger partial charge >= 0.3 is 0 Å². The summed E-state index contributed by atoms with van der Waals surface area (Å²) in [4.78, 5) is 12.9. The van der Waals surface area contributed by atoms with Crippen molar-refractivity contribution in [3.05, 3.63) is 52.4 Å². The van der Waals surface area contributed by atoms with Gasteiger partial charge in [0.2, 0.25) is 0 Å². The Morgan fingerprint density at radius 1 is 1.26 bits per heavy atom. The van der Waals surface area contributed by atoms with E-state index in [0.29, 0.717) is 6.61 Å². The third kappa shape index (κ3) is 4.18. The highest BCUT2D eigenvalue weighted by Gasteiger charge is 2.24. The number of nitrogens with one attached hydrogen (secondary N) is 1. The minimum absolute atomic E-state index is 0.0338. The molecular weight excluding hydrogens is 360 g/mol. The molecule has 3 aromatic heterocycles. The van der Waals surface area contributed by atoms with Crippen molar-refractivity contribution in [2.24, 2.45) is 7.05 Å². The number of ether oxygens (including phenoxy) is 1. The zero-order valence-electron chi connectivity index (χ0n) is 15.8. The number of pyridine rings is 1. The highest BCUT2D eigenvalue weighted by molar-refractivity contribution is 7.15. The molecular formula is C19H24N6OS. The van der Waals surface area contributed by atoms with Crippen LogP contribution < -0.4 is 5.32 Å². The average molecular weight is 385 g/mol. The Labute approximate surface area is 163 Å². The Bertz CT molecular complexity index is 901. The summed E-state index contributed by atoms with van der Waals surface area (Å²) in [6, 6.07) is 8.07. The van der Waals surface area contributed by atoms with Crippen molar-refractivity contribution in [2.45, 2.75) is 26.5 Å². The maximum Gasteiger partial charge on any atom is 0.188 e. The van der Waals surface area contributed by atoms with Gasteiger partial charge in [-0.3, -0.25) is 9.58 Å². The van der Waals surface area contributed by atoms with E-state index in [2.05, 4.69) is 33.3 Å². The van der Waals surface area contributed by atoms with Crippen molar-refractivity contribution in [1.29, 1.82) is 0 Å². The molecule has 4 rings (SSSR count). The lowest BCUT2D eigenvalue weighted by Crippen LogP contribution is -2.38. The quantitative estimate of drug-likeness (QED) is 0.729. The normalized spacial score (nSPS) is 18.0. The molecule has 0 spiro atoms. The second-order valence-electron chi connectivity index (χ2n) is 6.77. The fourth-order valence-corrected chi connectivity index (χ4v) is 3.97. The highest BCUT2D eigenvalue weighted by Crippen LogP contribution is 2.26. The number of nitrogens with zero attached hydrogens (tertiary/aromatic N) is 5. The van der Waals surface area contributed by atoms with Gasteiger partial charge in [0.15, 0.2) is 5.13 Å². The first-order chi connectivity index (χ1) is 13.1. The SMILES string of the molecule is Cc1nc(Nc2cccc(C3CN(Cc4ccnn4C)CCO3)n2)sc1C. The molecule has 0 bridgehead atoms. The first-order valence-corrected chi connectivity index (χ1v) is 9.89. The molecule has 8 heteroatoms. The summed E-state index contributed by atoms with van der Waals surface area (Å²) < 4.78 is 7.93. The Kier molecular flexibility index (Phi) is 5.20. The highest BCUT2D eigenvalue weighted by atomic mass is 32.1. The summed E-state index contributed by atoms with van der Waals surface area (Å²) in [5, 5.41) is 8.44. The largest absolute Gasteiger partial charge is 0.369 e. The number of morpholine rings is 1. The van der Waals surface area contributed by atoms with Crippen molar-refractivity contribution in [2.75, 3.05) is 25.0 Å². The van der Waals surface area contributed by atoms with Crippen molar-refractivity contribution in [1.82, 2.24) is 24.6 Å². The molecule has 0 aliphatic carbocycles. The number of hydrogen-bond acceptors (Lipinski definition) is 7. The van der Waals surface area contributed by atoms with E-state index in [1.54, 1.807) is 11.3 Å². The van der Waals surface area contributed by atoms with Crippen LogP contribution in [0.5, 0.6) is 0 Å². The third-order valence-corrected chi connectivity index (χ3v) is 5.81. The van der Waals surface area contributed by atoms with E-state index in [0.717, 1.165) is 42.0 Å². The monoisotopic (exact) mass is 384 g/mol. The molecule has 3 aromatic rings. The molecule has 7 nitrogen and oxygen atoms in total. The molecule has 1 fully saturated rings. The number of hydrogen-bond donors (Lipinski definition) is 1. The maximum atomic E-state index is 6.00. The minimum Gasteiger partial charge on any atom is -0.369 e. The standard InChI is InChI=1S/C19H24N6OS/c1-13-14(2)27-19(21-13)23-18-6-4-5-16(22-18)17-12-25(9-10-26-17)11-15-7-8-20-24(15)3/h4-8,17H,9-12H2,1-3H3,(H,21,22,23). The van der Waals surface area contributed by atoms with E-state index in [1.165, 1.54) is 10.6 Å².